The largest absolute Gasteiger partial charge is 0.416 e. The van der Waals surface area contributed by atoms with Gasteiger partial charge in [-0.05, 0) is 43.0 Å². The first-order valence-corrected chi connectivity index (χ1v) is 11.6. The van der Waals surface area contributed by atoms with Gasteiger partial charge >= 0.3 is 6.18 Å². The molecule has 6 nitrogen and oxygen atoms in total. The Labute approximate surface area is 191 Å². The van der Waals surface area contributed by atoms with Crippen LogP contribution in [0.3, 0.4) is 0 Å². The van der Waals surface area contributed by atoms with Crippen LogP contribution in [-0.4, -0.2) is 51.2 Å². The Morgan fingerprint density at radius 2 is 1.76 bits per heavy atom. The molecule has 4 rings (SSSR count). The number of ether oxygens (including phenoxy) is 1. The molecule has 3 aromatic rings. The first-order valence-electron chi connectivity index (χ1n) is 11.6. The normalized spacial score (nSPS) is 15.4. The van der Waals surface area contributed by atoms with Crippen LogP contribution in [0.1, 0.15) is 48.9 Å². The molecule has 1 saturated heterocycles. The number of unbranched alkanes of at least 4 members (excludes halogenated alkanes) is 4. The standard InChI is InChI=1S/C24H30F3N5O/c25-24(26,27)20-7-8-22-19(9-10-28-23(22)16-20)6-4-2-1-3-5-11-32-18-21(29-30-32)17-31-12-14-33-15-13-31/h7-10,16,18H,1-6,11-15,17H2. The number of pyridine rings is 1. The van der Waals surface area contributed by atoms with Crippen LogP contribution in [0.2, 0.25) is 0 Å². The van der Waals surface area contributed by atoms with Gasteiger partial charge in [0, 0.05) is 44.0 Å². The van der Waals surface area contributed by atoms with Crippen molar-refractivity contribution in [2.24, 2.45) is 0 Å². The number of morpholine rings is 1. The average Bonchev–Trinajstić information content (AvgIpc) is 3.25. The number of nitrogens with zero attached hydrogens (tertiary/aromatic N) is 5. The minimum atomic E-state index is -4.34. The molecular formula is C24H30F3N5O. The van der Waals surface area contributed by atoms with Crippen LogP contribution in [0.15, 0.2) is 36.7 Å². The molecule has 0 saturated carbocycles. The van der Waals surface area contributed by atoms with Gasteiger partial charge in [0.1, 0.15) is 0 Å². The summed E-state index contributed by atoms with van der Waals surface area (Å²) in [5, 5.41) is 9.33. The quantitative estimate of drug-likeness (QED) is 0.403. The van der Waals surface area contributed by atoms with Crippen LogP contribution >= 0.6 is 0 Å². The summed E-state index contributed by atoms with van der Waals surface area (Å²) in [6.07, 6.45) is 5.52. The van der Waals surface area contributed by atoms with E-state index in [1.165, 1.54) is 0 Å². The van der Waals surface area contributed by atoms with Crippen LogP contribution in [0.4, 0.5) is 13.2 Å². The van der Waals surface area contributed by atoms with E-state index < -0.39 is 11.7 Å². The third kappa shape index (κ3) is 6.74. The Morgan fingerprint density at radius 3 is 2.58 bits per heavy atom. The van der Waals surface area contributed by atoms with Crippen molar-refractivity contribution in [1.82, 2.24) is 24.9 Å². The zero-order valence-corrected chi connectivity index (χ0v) is 18.7. The first-order chi connectivity index (χ1) is 16.0. The summed E-state index contributed by atoms with van der Waals surface area (Å²) in [6, 6.07) is 5.74. The summed E-state index contributed by atoms with van der Waals surface area (Å²) in [4.78, 5) is 6.46. The highest BCUT2D eigenvalue weighted by molar-refractivity contribution is 5.82. The fourth-order valence-electron chi connectivity index (χ4n) is 4.23. The lowest BCUT2D eigenvalue weighted by Crippen LogP contribution is -2.35. The molecule has 0 unspecified atom stereocenters. The lowest BCUT2D eigenvalue weighted by Gasteiger charge is -2.25. The summed E-state index contributed by atoms with van der Waals surface area (Å²) < 4.78 is 46.1. The van der Waals surface area contributed by atoms with Crippen molar-refractivity contribution in [3.63, 3.8) is 0 Å². The number of aromatic nitrogens is 4. The molecule has 0 amide bonds. The van der Waals surface area contributed by atoms with Gasteiger partial charge in [0.25, 0.3) is 0 Å². The number of alkyl halides is 3. The maximum atomic E-state index is 12.9. The summed E-state index contributed by atoms with van der Waals surface area (Å²) in [6.45, 7) is 5.14. The molecule has 0 bridgehead atoms. The van der Waals surface area contributed by atoms with E-state index in [4.69, 9.17) is 4.74 Å². The van der Waals surface area contributed by atoms with Crippen molar-refractivity contribution in [2.75, 3.05) is 26.3 Å². The summed E-state index contributed by atoms with van der Waals surface area (Å²) in [7, 11) is 0. The molecule has 9 heteroatoms. The molecule has 0 atom stereocenters. The van der Waals surface area contributed by atoms with Gasteiger partial charge in [0.15, 0.2) is 0 Å². The lowest BCUT2D eigenvalue weighted by molar-refractivity contribution is -0.137. The van der Waals surface area contributed by atoms with Crippen molar-refractivity contribution in [3.05, 3.63) is 53.5 Å². The Balaban J connectivity index is 1.15. The molecule has 0 aliphatic carbocycles. The Hall–Kier alpha value is -2.52. The molecule has 0 radical (unpaired) electrons. The van der Waals surface area contributed by atoms with Gasteiger partial charge in [-0.2, -0.15) is 13.2 Å². The van der Waals surface area contributed by atoms with Crippen LogP contribution < -0.4 is 0 Å². The fraction of sp³-hybridized carbons (Fsp3) is 0.542. The van der Waals surface area contributed by atoms with Crippen LogP contribution in [0.25, 0.3) is 10.9 Å². The summed E-state index contributed by atoms with van der Waals surface area (Å²) in [5.41, 5.74) is 1.82. The summed E-state index contributed by atoms with van der Waals surface area (Å²) in [5.74, 6) is 0. The van der Waals surface area contributed by atoms with Crippen molar-refractivity contribution in [3.8, 4) is 0 Å². The van der Waals surface area contributed by atoms with E-state index in [1.54, 1.807) is 12.3 Å². The van der Waals surface area contributed by atoms with Crippen LogP contribution in [-0.2, 0) is 30.4 Å². The first kappa shape index (κ1) is 23.6. The minimum Gasteiger partial charge on any atom is -0.379 e. The summed E-state index contributed by atoms with van der Waals surface area (Å²) >= 11 is 0. The Kier molecular flexibility index (Phi) is 7.93. The minimum absolute atomic E-state index is 0.406. The van der Waals surface area contributed by atoms with Gasteiger partial charge in [-0.15, -0.1) is 5.10 Å². The monoisotopic (exact) mass is 461 g/mol. The molecule has 2 aromatic heterocycles. The van der Waals surface area contributed by atoms with E-state index in [2.05, 4.69) is 20.2 Å². The number of hydrogen-bond acceptors (Lipinski definition) is 5. The maximum absolute atomic E-state index is 12.9. The number of halogens is 3. The molecule has 3 heterocycles. The predicted molar refractivity (Wildman–Crippen MR) is 120 cm³/mol. The third-order valence-electron chi connectivity index (χ3n) is 6.07. The predicted octanol–water partition coefficient (Wildman–Crippen LogP) is 4.87. The van der Waals surface area contributed by atoms with E-state index in [9.17, 15) is 13.2 Å². The number of benzene rings is 1. The SMILES string of the molecule is FC(F)(F)c1ccc2c(CCCCCCCn3cc(CN4CCOCC4)nn3)ccnc2c1. The number of fused-ring (bicyclic) bond motifs is 1. The number of aryl methyl sites for hydroxylation is 2. The van der Waals surface area contributed by atoms with Gasteiger partial charge in [0.05, 0.1) is 30.0 Å². The molecule has 1 aromatic carbocycles. The Bertz CT molecular complexity index is 1030. The highest BCUT2D eigenvalue weighted by Crippen LogP contribution is 2.31. The molecule has 1 aliphatic rings. The topological polar surface area (TPSA) is 56.1 Å². The van der Waals surface area contributed by atoms with Crippen molar-refractivity contribution >= 4 is 10.9 Å². The van der Waals surface area contributed by atoms with Crippen LogP contribution in [0.5, 0.6) is 0 Å². The molecule has 1 aliphatic heterocycles. The Morgan fingerprint density at radius 1 is 0.970 bits per heavy atom. The van der Waals surface area contributed by atoms with Gasteiger partial charge in [-0.25, -0.2) is 0 Å². The molecule has 0 spiro atoms. The number of rotatable bonds is 10. The van der Waals surface area contributed by atoms with E-state index in [0.29, 0.717) is 5.52 Å². The number of hydrogen-bond donors (Lipinski definition) is 0. The van der Waals surface area contributed by atoms with Crippen molar-refractivity contribution in [1.29, 1.82) is 0 Å². The molecule has 1 fully saturated rings. The highest BCUT2D eigenvalue weighted by atomic mass is 19.4. The zero-order valence-electron chi connectivity index (χ0n) is 18.7. The van der Waals surface area contributed by atoms with Gasteiger partial charge in [-0.3, -0.25) is 14.6 Å². The van der Waals surface area contributed by atoms with Gasteiger partial charge in [0.2, 0.25) is 0 Å². The molecule has 178 valence electrons. The zero-order chi connectivity index (χ0) is 23.1. The smallest absolute Gasteiger partial charge is 0.379 e. The van der Waals surface area contributed by atoms with E-state index in [0.717, 1.165) is 107 Å². The van der Waals surface area contributed by atoms with Crippen molar-refractivity contribution < 1.29 is 17.9 Å². The van der Waals surface area contributed by atoms with Crippen molar-refractivity contribution in [2.45, 2.75) is 57.8 Å². The average molecular weight is 462 g/mol. The fourth-order valence-corrected chi connectivity index (χ4v) is 4.23. The van der Waals surface area contributed by atoms with Gasteiger partial charge in [-0.1, -0.05) is 30.5 Å². The maximum Gasteiger partial charge on any atom is 0.416 e. The van der Waals surface area contributed by atoms with E-state index in [1.807, 2.05) is 16.9 Å². The van der Waals surface area contributed by atoms with Gasteiger partial charge < -0.3 is 4.74 Å². The molecule has 0 N–H and O–H groups in total. The van der Waals surface area contributed by atoms with E-state index >= 15 is 0 Å². The van der Waals surface area contributed by atoms with E-state index in [-0.39, 0.29) is 0 Å². The highest BCUT2D eigenvalue weighted by Gasteiger charge is 2.30. The second-order valence-electron chi connectivity index (χ2n) is 8.58. The third-order valence-corrected chi connectivity index (χ3v) is 6.07. The molecule has 33 heavy (non-hydrogen) atoms. The van der Waals surface area contributed by atoms with Crippen LogP contribution in [0, 0.1) is 0 Å². The second kappa shape index (κ2) is 11.1. The lowest BCUT2D eigenvalue weighted by atomic mass is 10.0. The molecular weight excluding hydrogens is 431 g/mol. The second-order valence-corrected chi connectivity index (χ2v) is 8.58.